The molecule has 0 spiro atoms. The van der Waals surface area contributed by atoms with E-state index in [2.05, 4.69) is 15.2 Å². The van der Waals surface area contributed by atoms with Crippen LogP contribution in [0.25, 0.3) is 16.7 Å². The van der Waals surface area contributed by atoms with Crippen LogP contribution in [-0.2, 0) is 14.8 Å². The molecule has 4 aromatic rings. The number of sulfonamides is 1. The first-order valence-corrected chi connectivity index (χ1v) is 16.2. The Labute approximate surface area is 265 Å². The van der Waals surface area contributed by atoms with E-state index in [1.54, 1.807) is 48.5 Å². The molecule has 0 saturated carbocycles. The molecule has 0 aliphatic carbocycles. The van der Waals surface area contributed by atoms with Crippen LogP contribution >= 0.6 is 0 Å². The lowest BCUT2D eigenvalue weighted by Crippen LogP contribution is -2.60. The second-order valence-electron chi connectivity index (χ2n) is 10.8. The van der Waals surface area contributed by atoms with E-state index in [9.17, 15) is 28.8 Å². The van der Waals surface area contributed by atoms with Crippen molar-refractivity contribution < 1.29 is 38.3 Å². The molecule has 1 saturated heterocycles. The van der Waals surface area contributed by atoms with E-state index in [0.717, 1.165) is 12.8 Å². The quantitative estimate of drug-likeness (QED) is 0.134. The molecular formula is C30H37N7O8S. The van der Waals surface area contributed by atoms with Crippen LogP contribution in [0.2, 0.25) is 0 Å². The number of benzene rings is 2. The molecule has 2 aromatic carbocycles. The van der Waals surface area contributed by atoms with E-state index >= 15 is 0 Å². The molecule has 5 unspecified atom stereocenters. The number of ether oxygens (including phenoxy) is 2. The van der Waals surface area contributed by atoms with Gasteiger partial charge in [0.1, 0.15) is 36.5 Å². The van der Waals surface area contributed by atoms with Gasteiger partial charge in [0.2, 0.25) is 16.3 Å². The smallest absolute Gasteiger partial charge is 0.243 e. The van der Waals surface area contributed by atoms with Gasteiger partial charge in [-0.15, -0.1) is 0 Å². The second-order valence-corrected chi connectivity index (χ2v) is 12.7. The predicted molar refractivity (Wildman–Crippen MR) is 166 cm³/mol. The SMILES string of the molecule is CCCN(CCC)S(=O)(=O)c1ccc(-n2ncc3c(=N)n(N=Cc4ccc(OC5OC(CO)C(O)C(O)C5O)cc4)cnc32)cc1. The van der Waals surface area contributed by atoms with Gasteiger partial charge in [-0.1, -0.05) is 13.8 Å². The number of aliphatic hydroxyl groups is 4. The number of nitrogens with zero attached hydrogens (tertiary/aromatic N) is 6. The van der Waals surface area contributed by atoms with Crippen LogP contribution in [0.4, 0.5) is 0 Å². The highest BCUT2D eigenvalue weighted by Crippen LogP contribution is 2.25. The summed E-state index contributed by atoms with van der Waals surface area (Å²) in [6.07, 6.45) is -1.12. The van der Waals surface area contributed by atoms with Gasteiger partial charge in [0.05, 0.1) is 35.0 Å². The van der Waals surface area contributed by atoms with E-state index < -0.39 is 47.3 Å². The van der Waals surface area contributed by atoms with Gasteiger partial charge in [0.15, 0.2) is 11.1 Å². The molecule has 46 heavy (non-hydrogen) atoms. The highest BCUT2D eigenvalue weighted by molar-refractivity contribution is 7.89. The van der Waals surface area contributed by atoms with Crippen molar-refractivity contribution in [3.05, 3.63) is 72.1 Å². The van der Waals surface area contributed by atoms with Crippen molar-refractivity contribution in [3.63, 3.8) is 0 Å². The van der Waals surface area contributed by atoms with Crippen molar-refractivity contribution in [2.24, 2.45) is 5.10 Å². The monoisotopic (exact) mass is 655 g/mol. The first kappa shape index (κ1) is 33.3. The maximum atomic E-state index is 13.1. The Morgan fingerprint density at radius 3 is 2.33 bits per heavy atom. The van der Waals surface area contributed by atoms with Gasteiger partial charge < -0.3 is 29.9 Å². The third-order valence-electron chi connectivity index (χ3n) is 7.49. The summed E-state index contributed by atoms with van der Waals surface area (Å²) >= 11 is 0. The number of aromatic nitrogens is 4. The largest absolute Gasteiger partial charge is 0.462 e. The first-order chi connectivity index (χ1) is 22.1. The van der Waals surface area contributed by atoms with Gasteiger partial charge in [-0.25, -0.2) is 22.8 Å². The molecule has 5 rings (SSSR count). The Bertz CT molecular complexity index is 1820. The van der Waals surface area contributed by atoms with Gasteiger partial charge >= 0.3 is 0 Å². The summed E-state index contributed by atoms with van der Waals surface area (Å²) in [5, 5.41) is 57.2. The van der Waals surface area contributed by atoms with Crippen LogP contribution in [0.15, 0.2) is 71.1 Å². The van der Waals surface area contributed by atoms with E-state index in [1.807, 2.05) is 13.8 Å². The number of rotatable bonds is 12. The van der Waals surface area contributed by atoms with Crippen LogP contribution in [-0.4, -0.2) is 109 Å². The average molecular weight is 656 g/mol. The van der Waals surface area contributed by atoms with Crippen LogP contribution in [0, 0.1) is 5.41 Å². The average Bonchev–Trinajstić information content (AvgIpc) is 3.50. The Kier molecular flexibility index (Phi) is 10.3. The summed E-state index contributed by atoms with van der Waals surface area (Å²) in [4.78, 5) is 4.64. The Balaban J connectivity index is 1.29. The maximum Gasteiger partial charge on any atom is 0.243 e. The Morgan fingerprint density at radius 1 is 1.02 bits per heavy atom. The zero-order valence-corrected chi connectivity index (χ0v) is 26.1. The molecule has 0 bridgehead atoms. The van der Waals surface area contributed by atoms with Crippen molar-refractivity contribution in [1.82, 2.24) is 23.7 Å². The number of fused-ring (bicyclic) bond motifs is 1. The maximum absolute atomic E-state index is 13.1. The minimum atomic E-state index is -3.62. The minimum Gasteiger partial charge on any atom is -0.462 e. The molecule has 0 amide bonds. The molecule has 5 N–H and O–H groups in total. The second kappa shape index (κ2) is 14.2. The summed E-state index contributed by atoms with van der Waals surface area (Å²) < 4.78 is 41.5. The van der Waals surface area contributed by atoms with Crippen molar-refractivity contribution in [1.29, 1.82) is 5.41 Å². The molecule has 5 atom stereocenters. The summed E-state index contributed by atoms with van der Waals surface area (Å²) in [7, 11) is -3.62. The van der Waals surface area contributed by atoms with Crippen molar-refractivity contribution in [2.75, 3.05) is 19.7 Å². The molecule has 15 nitrogen and oxygen atoms in total. The molecule has 16 heteroatoms. The summed E-state index contributed by atoms with van der Waals surface area (Å²) in [5.41, 5.74) is 1.67. The zero-order chi connectivity index (χ0) is 33.0. The summed E-state index contributed by atoms with van der Waals surface area (Å²) in [5.74, 6) is 0.302. The number of hydrogen-bond donors (Lipinski definition) is 5. The van der Waals surface area contributed by atoms with Crippen LogP contribution < -0.4 is 10.2 Å². The number of aliphatic hydroxyl groups excluding tert-OH is 4. The molecule has 1 fully saturated rings. The van der Waals surface area contributed by atoms with Crippen molar-refractivity contribution in [2.45, 2.75) is 62.3 Å². The third-order valence-corrected chi connectivity index (χ3v) is 9.41. The lowest BCUT2D eigenvalue weighted by Gasteiger charge is -2.39. The van der Waals surface area contributed by atoms with E-state index in [4.69, 9.17) is 14.9 Å². The Morgan fingerprint density at radius 2 is 1.70 bits per heavy atom. The van der Waals surface area contributed by atoms with Crippen LogP contribution in [0.5, 0.6) is 5.75 Å². The molecule has 2 aromatic heterocycles. The van der Waals surface area contributed by atoms with Crippen LogP contribution in [0.3, 0.4) is 0 Å². The molecular weight excluding hydrogens is 618 g/mol. The van der Waals surface area contributed by atoms with Gasteiger partial charge in [-0.05, 0) is 66.9 Å². The fraction of sp³-hybridized carbons (Fsp3) is 0.400. The summed E-state index contributed by atoms with van der Waals surface area (Å²) in [6, 6.07) is 12.9. The molecule has 246 valence electrons. The Hall–Kier alpha value is -4.03. The molecule has 1 aliphatic heterocycles. The molecule has 1 aliphatic rings. The van der Waals surface area contributed by atoms with Crippen LogP contribution in [0.1, 0.15) is 32.3 Å². The topological polar surface area (TPSA) is 209 Å². The van der Waals surface area contributed by atoms with E-state index in [1.165, 1.54) is 32.4 Å². The fourth-order valence-electron chi connectivity index (χ4n) is 5.02. The molecule has 0 radical (unpaired) electrons. The lowest BCUT2D eigenvalue weighted by molar-refractivity contribution is -0.277. The predicted octanol–water partition coefficient (Wildman–Crippen LogP) is 0.573. The van der Waals surface area contributed by atoms with Gasteiger partial charge in [0, 0.05) is 13.1 Å². The van der Waals surface area contributed by atoms with Crippen molar-refractivity contribution >= 4 is 27.3 Å². The van der Waals surface area contributed by atoms with E-state index in [0.29, 0.717) is 41.1 Å². The minimum absolute atomic E-state index is 0.0315. The van der Waals surface area contributed by atoms with Gasteiger partial charge in [0.25, 0.3) is 0 Å². The lowest BCUT2D eigenvalue weighted by atomic mass is 9.99. The first-order valence-electron chi connectivity index (χ1n) is 14.8. The number of nitrogens with one attached hydrogen (secondary N) is 1. The van der Waals surface area contributed by atoms with Gasteiger partial charge in [-0.2, -0.15) is 14.5 Å². The zero-order valence-electron chi connectivity index (χ0n) is 25.3. The highest BCUT2D eigenvalue weighted by atomic mass is 32.2. The fourth-order valence-corrected chi connectivity index (χ4v) is 6.64. The molecule has 3 heterocycles. The highest BCUT2D eigenvalue weighted by Gasteiger charge is 2.44. The van der Waals surface area contributed by atoms with Gasteiger partial charge in [-0.3, -0.25) is 5.41 Å². The standard InChI is InChI=1S/C30H37N7O8S/c1-3-13-35(14-4-2)46(42,43)22-11-7-20(8-12-22)37-29-23(16-34-37)28(31)36(18-32-29)33-15-19-5-9-21(10-6-19)44-30-27(41)26(40)25(39)24(17-38)45-30/h5-12,15-16,18,24-27,30-31,38-41H,3-4,13-14,17H2,1-2H3. The normalized spacial score (nSPS) is 22.2. The van der Waals surface area contributed by atoms with E-state index in [-0.39, 0.29) is 10.4 Å². The number of hydrogen-bond acceptors (Lipinski definition) is 12. The van der Waals surface area contributed by atoms with Crippen molar-refractivity contribution in [3.8, 4) is 11.4 Å². The summed E-state index contributed by atoms with van der Waals surface area (Å²) in [6.45, 7) is 4.22. The third kappa shape index (κ3) is 6.73.